The van der Waals surface area contributed by atoms with Crippen LogP contribution in [-0.4, -0.2) is 49.1 Å². The lowest BCUT2D eigenvalue weighted by Gasteiger charge is -2.38. The van der Waals surface area contributed by atoms with Gasteiger partial charge in [-0.3, -0.25) is 4.90 Å². The van der Waals surface area contributed by atoms with Gasteiger partial charge in [-0.25, -0.2) is 0 Å². The molecule has 0 radical (unpaired) electrons. The van der Waals surface area contributed by atoms with Gasteiger partial charge in [-0.05, 0) is 25.6 Å². The van der Waals surface area contributed by atoms with Crippen LogP contribution in [0.3, 0.4) is 0 Å². The molecule has 3 nitrogen and oxygen atoms in total. The molecule has 1 heterocycles. The van der Waals surface area contributed by atoms with Crippen molar-refractivity contribution in [2.75, 3.05) is 33.2 Å². The average Bonchev–Trinajstić information content (AvgIpc) is 2.42. The van der Waals surface area contributed by atoms with E-state index in [9.17, 15) is 13.2 Å². The lowest BCUT2D eigenvalue weighted by atomic mass is 9.99. The molecule has 2 unspecified atom stereocenters. The highest BCUT2D eigenvalue weighted by atomic mass is 19.4. The van der Waals surface area contributed by atoms with Crippen molar-refractivity contribution in [2.45, 2.75) is 25.2 Å². The monoisotopic (exact) mass is 301 g/mol. The molecule has 0 saturated carbocycles. The molecule has 6 heteroatoms. The van der Waals surface area contributed by atoms with Crippen LogP contribution in [0.15, 0.2) is 24.3 Å². The fraction of sp³-hybridized carbons (Fsp3) is 0.600. The van der Waals surface area contributed by atoms with Gasteiger partial charge < -0.3 is 10.6 Å². The first-order valence-corrected chi connectivity index (χ1v) is 7.13. The highest BCUT2D eigenvalue weighted by Crippen LogP contribution is 2.34. The summed E-state index contributed by atoms with van der Waals surface area (Å²) in [6.45, 7) is 5.14. The molecule has 1 aliphatic rings. The largest absolute Gasteiger partial charge is 0.416 e. The van der Waals surface area contributed by atoms with Gasteiger partial charge in [0, 0.05) is 38.3 Å². The normalized spacial score (nSPS) is 23.2. The van der Waals surface area contributed by atoms with Gasteiger partial charge >= 0.3 is 6.18 Å². The molecule has 0 aromatic heterocycles. The molecule has 0 bridgehead atoms. The maximum absolute atomic E-state index is 13.0. The SMILES string of the molecule is CC1CN(CC(N)c2ccccc2C(F)(F)F)CCN1C. The van der Waals surface area contributed by atoms with E-state index in [0.717, 1.165) is 25.7 Å². The van der Waals surface area contributed by atoms with Gasteiger partial charge in [0.1, 0.15) is 0 Å². The van der Waals surface area contributed by atoms with Crippen molar-refractivity contribution in [1.29, 1.82) is 0 Å². The van der Waals surface area contributed by atoms with Gasteiger partial charge in [-0.1, -0.05) is 18.2 Å². The average molecular weight is 301 g/mol. The zero-order chi connectivity index (χ0) is 15.6. The molecule has 2 rings (SSSR count). The molecule has 0 aliphatic carbocycles. The van der Waals surface area contributed by atoms with Crippen LogP contribution in [0.1, 0.15) is 24.1 Å². The van der Waals surface area contributed by atoms with E-state index in [2.05, 4.69) is 23.8 Å². The van der Waals surface area contributed by atoms with Crippen molar-refractivity contribution >= 4 is 0 Å². The van der Waals surface area contributed by atoms with Crippen LogP contribution in [0.25, 0.3) is 0 Å². The predicted molar refractivity (Wildman–Crippen MR) is 76.9 cm³/mol. The fourth-order valence-electron chi connectivity index (χ4n) is 2.74. The Labute approximate surface area is 123 Å². The minimum absolute atomic E-state index is 0.177. The lowest BCUT2D eigenvalue weighted by molar-refractivity contribution is -0.138. The molecular formula is C15H22F3N3. The quantitative estimate of drug-likeness (QED) is 0.930. The molecule has 1 saturated heterocycles. The van der Waals surface area contributed by atoms with E-state index in [1.165, 1.54) is 12.1 Å². The Kier molecular flexibility index (Phi) is 4.91. The first-order valence-electron chi connectivity index (χ1n) is 7.13. The molecular weight excluding hydrogens is 279 g/mol. The Morgan fingerprint density at radius 1 is 1.29 bits per heavy atom. The molecule has 1 aromatic carbocycles. The van der Waals surface area contributed by atoms with Crippen LogP contribution in [-0.2, 0) is 6.18 Å². The van der Waals surface area contributed by atoms with E-state index in [4.69, 9.17) is 5.73 Å². The molecule has 1 fully saturated rings. The zero-order valence-electron chi connectivity index (χ0n) is 12.4. The summed E-state index contributed by atoms with van der Waals surface area (Å²) in [4.78, 5) is 4.38. The summed E-state index contributed by atoms with van der Waals surface area (Å²) >= 11 is 0. The van der Waals surface area contributed by atoms with Gasteiger partial charge in [-0.15, -0.1) is 0 Å². The smallest absolute Gasteiger partial charge is 0.323 e. The standard InChI is InChI=1S/C15H22F3N3/c1-11-9-21(8-7-20(11)2)10-14(19)12-5-3-4-6-13(12)15(16,17)18/h3-6,11,14H,7-10,19H2,1-2H3. The van der Waals surface area contributed by atoms with Crippen LogP contribution >= 0.6 is 0 Å². The van der Waals surface area contributed by atoms with Gasteiger partial charge in [0.05, 0.1) is 5.56 Å². The summed E-state index contributed by atoms with van der Waals surface area (Å²) in [7, 11) is 2.06. The van der Waals surface area contributed by atoms with Gasteiger partial charge in [0.2, 0.25) is 0 Å². The van der Waals surface area contributed by atoms with Gasteiger partial charge in [0.15, 0.2) is 0 Å². The van der Waals surface area contributed by atoms with Crippen molar-refractivity contribution < 1.29 is 13.2 Å². The van der Waals surface area contributed by atoms with E-state index < -0.39 is 17.8 Å². The number of hydrogen-bond donors (Lipinski definition) is 1. The molecule has 0 spiro atoms. The summed E-state index contributed by atoms with van der Waals surface area (Å²) in [5, 5.41) is 0. The number of hydrogen-bond acceptors (Lipinski definition) is 3. The fourth-order valence-corrected chi connectivity index (χ4v) is 2.74. The van der Waals surface area contributed by atoms with Crippen molar-refractivity contribution in [3.63, 3.8) is 0 Å². The van der Waals surface area contributed by atoms with Crippen molar-refractivity contribution in [3.8, 4) is 0 Å². The number of piperazine rings is 1. The predicted octanol–water partition coefficient (Wildman–Crippen LogP) is 2.34. The molecule has 1 aromatic rings. The Morgan fingerprint density at radius 2 is 1.95 bits per heavy atom. The zero-order valence-corrected chi connectivity index (χ0v) is 12.4. The third-order valence-corrected chi connectivity index (χ3v) is 4.16. The molecule has 0 amide bonds. The lowest BCUT2D eigenvalue weighted by Crippen LogP contribution is -2.51. The van der Waals surface area contributed by atoms with E-state index >= 15 is 0 Å². The Bertz CT molecular complexity index is 475. The number of benzene rings is 1. The third kappa shape index (κ3) is 3.96. The van der Waals surface area contributed by atoms with Crippen molar-refractivity contribution in [2.24, 2.45) is 5.73 Å². The van der Waals surface area contributed by atoms with Gasteiger partial charge in [-0.2, -0.15) is 13.2 Å². The summed E-state index contributed by atoms with van der Waals surface area (Å²) in [5.74, 6) is 0. The minimum atomic E-state index is -4.36. The molecule has 21 heavy (non-hydrogen) atoms. The van der Waals surface area contributed by atoms with Crippen LogP contribution < -0.4 is 5.73 Å². The van der Waals surface area contributed by atoms with E-state index in [-0.39, 0.29) is 5.56 Å². The molecule has 1 aliphatic heterocycles. The highest BCUT2D eigenvalue weighted by molar-refractivity contribution is 5.32. The Morgan fingerprint density at radius 3 is 2.57 bits per heavy atom. The van der Waals surface area contributed by atoms with Gasteiger partial charge in [0.25, 0.3) is 0 Å². The topological polar surface area (TPSA) is 32.5 Å². The second kappa shape index (κ2) is 6.34. The van der Waals surface area contributed by atoms with Crippen LogP contribution in [0.4, 0.5) is 13.2 Å². The van der Waals surface area contributed by atoms with Crippen molar-refractivity contribution in [3.05, 3.63) is 35.4 Å². The second-order valence-corrected chi connectivity index (χ2v) is 5.78. The summed E-state index contributed by atoms with van der Waals surface area (Å²) in [6, 6.07) is 5.35. The van der Waals surface area contributed by atoms with E-state index in [1.54, 1.807) is 6.07 Å². The Hall–Kier alpha value is -1.11. The number of rotatable bonds is 3. The summed E-state index contributed by atoms with van der Waals surface area (Å²) < 4.78 is 39.1. The maximum atomic E-state index is 13.0. The van der Waals surface area contributed by atoms with Crippen LogP contribution in [0.5, 0.6) is 0 Å². The van der Waals surface area contributed by atoms with Crippen LogP contribution in [0.2, 0.25) is 0 Å². The number of halogens is 3. The second-order valence-electron chi connectivity index (χ2n) is 5.78. The number of alkyl halides is 3. The first-order chi connectivity index (χ1) is 9.79. The minimum Gasteiger partial charge on any atom is -0.323 e. The number of likely N-dealkylation sites (N-methyl/N-ethyl adjacent to an activating group) is 1. The number of nitrogens with zero attached hydrogens (tertiary/aromatic N) is 2. The highest BCUT2D eigenvalue weighted by Gasteiger charge is 2.34. The Balaban J connectivity index is 2.09. The maximum Gasteiger partial charge on any atom is 0.416 e. The summed E-state index contributed by atoms with van der Waals surface area (Å²) in [5.41, 5.74) is 5.60. The number of nitrogens with two attached hydrogens (primary N) is 1. The molecule has 118 valence electrons. The molecule has 2 atom stereocenters. The molecule has 2 N–H and O–H groups in total. The first kappa shape index (κ1) is 16.3. The van der Waals surface area contributed by atoms with E-state index in [0.29, 0.717) is 12.6 Å². The van der Waals surface area contributed by atoms with Crippen molar-refractivity contribution in [1.82, 2.24) is 9.80 Å². The summed E-state index contributed by atoms with van der Waals surface area (Å²) in [6.07, 6.45) is -4.36. The van der Waals surface area contributed by atoms with Crippen LogP contribution in [0, 0.1) is 0 Å². The third-order valence-electron chi connectivity index (χ3n) is 4.16. The van der Waals surface area contributed by atoms with E-state index in [1.807, 2.05) is 0 Å².